The lowest BCUT2D eigenvalue weighted by molar-refractivity contribution is -0.0687. The second kappa shape index (κ2) is 5.90. The number of hydrogen-bond acceptors (Lipinski definition) is 7. The predicted octanol–water partition coefficient (Wildman–Crippen LogP) is 1.35. The van der Waals surface area contributed by atoms with Crippen LogP contribution in [0.5, 0.6) is 0 Å². The molecule has 0 bridgehead atoms. The van der Waals surface area contributed by atoms with E-state index >= 15 is 0 Å². The number of ether oxygens (including phenoxy) is 1. The molecule has 2 aliphatic rings. The summed E-state index contributed by atoms with van der Waals surface area (Å²) < 4.78 is 11.3. The molecule has 0 aliphatic carbocycles. The maximum absolute atomic E-state index is 5.93. The number of aromatic nitrogens is 3. The van der Waals surface area contributed by atoms with Crippen molar-refractivity contribution in [3.8, 4) is 11.5 Å². The number of piperidine rings is 1. The Kier molecular flexibility index (Phi) is 3.74. The van der Waals surface area contributed by atoms with Crippen LogP contribution in [-0.2, 0) is 4.74 Å². The van der Waals surface area contributed by atoms with E-state index in [0.717, 1.165) is 44.0 Å². The van der Waals surface area contributed by atoms with Crippen molar-refractivity contribution in [2.24, 2.45) is 0 Å². The zero-order valence-electron chi connectivity index (χ0n) is 13.5. The third kappa shape index (κ3) is 2.70. The maximum atomic E-state index is 5.93. The van der Waals surface area contributed by atoms with Gasteiger partial charge >= 0.3 is 0 Å². The first kappa shape index (κ1) is 14.6. The van der Waals surface area contributed by atoms with Crippen LogP contribution in [0, 0.1) is 6.92 Å². The zero-order valence-corrected chi connectivity index (χ0v) is 13.5. The van der Waals surface area contributed by atoms with E-state index in [0.29, 0.717) is 23.9 Å². The van der Waals surface area contributed by atoms with E-state index in [-0.39, 0.29) is 0 Å². The van der Waals surface area contributed by atoms with Gasteiger partial charge in [-0.05, 0) is 32.5 Å². The van der Waals surface area contributed by atoms with Gasteiger partial charge in [0, 0.05) is 25.8 Å². The summed E-state index contributed by atoms with van der Waals surface area (Å²) in [4.78, 5) is 13.6. The molecule has 0 saturated carbocycles. The quantitative estimate of drug-likeness (QED) is 0.828. The second-order valence-corrected chi connectivity index (χ2v) is 6.21. The lowest BCUT2D eigenvalue weighted by atomic mass is 9.99. The van der Waals surface area contributed by atoms with Crippen molar-refractivity contribution >= 4 is 5.82 Å². The summed E-state index contributed by atoms with van der Waals surface area (Å²) in [7, 11) is 2.17. The maximum Gasteiger partial charge on any atom is 0.261 e. The molecule has 0 unspecified atom stereocenters. The fourth-order valence-electron chi connectivity index (χ4n) is 3.46. The van der Waals surface area contributed by atoms with Gasteiger partial charge in [-0.2, -0.15) is 4.98 Å². The molecule has 2 atom stereocenters. The minimum atomic E-state index is 0.322. The van der Waals surface area contributed by atoms with Crippen molar-refractivity contribution in [2.45, 2.75) is 25.5 Å². The van der Waals surface area contributed by atoms with Crippen LogP contribution in [0.1, 0.15) is 12.2 Å². The smallest absolute Gasteiger partial charge is 0.261 e. The number of rotatable bonds is 2. The average Bonchev–Trinajstić information content (AvgIpc) is 3.01. The van der Waals surface area contributed by atoms with Gasteiger partial charge in [0.1, 0.15) is 5.82 Å². The van der Waals surface area contributed by atoms with E-state index in [4.69, 9.17) is 9.26 Å². The van der Waals surface area contributed by atoms with Crippen molar-refractivity contribution in [3.05, 3.63) is 24.2 Å². The molecule has 2 fully saturated rings. The summed E-state index contributed by atoms with van der Waals surface area (Å²) in [6, 6.07) is 4.29. The standard InChI is InChI=1S/C16H21N5O2/c1-11-18-16(23-19-11)12-4-3-6-17-15(12)21-7-5-14-13(10-21)20(2)8-9-22-14/h3-4,6,13-14H,5,7-10H2,1-2H3/t13-,14+/m0/s1. The van der Waals surface area contributed by atoms with Crippen LogP contribution >= 0.6 is 0 Å². The molecule has 2 aromatic rings. The molecular weight excluding hydrogens is 294 g/mol. The molecule has 4 heterocycles. The lowest BCUT2D eigenvalue weighted by Crippen LogP contribution is -2.59. The van der Waals surface area contributed by atoms with Crippen molar-refractivity contribution in [3.63, 3.8) is 0 Å². The molecule has 2 aliphatic heterocycles. The van der Waals surface area contributed by atoms with Crippen LogP contribution in [0.2, 0.25) is 0 Å². The normalized spacial score (nSPS) is 25.4. The van der Waals surface area contributed by atoms with Crippen LogP contribution in [0.3, 0.4) is 0 Å². The third-order valence-corrected chi connectivity index (χ3v) is 4.71. The molecule has 0 radical (unpaired) electrons. The fourth-order valence-corrected chi connectivity index (χ4v) is 3.46. The van der Waals surface area contributed by atoms with Crippen molar-refractivity contribution < 1.29 is 9.26 Å². The molecule has 7 nitrogen and oxygen atoms in total. The Balaban J connectivity index is 1.63. The Labute approximate surface area is 135 Å². The highest BCUT2D eigenvalue weighted by atomic mass is 16.5. The molecule has 4 rings (SSSR count). The monoisotopic (exact) mass is 315 g/mol. The molecule has 7 heteroatoms. The van der Waals surface area contributed by atoms with Gasteiger partial charge in [-0.1, -0.05) is 5.16 Å². The molecule has 0 amide bonds. The van der Waals surface area contributed by atoms with Crippen LogP contribution in [0.25, 0.3) is 11.5 Å². The highest BCUT2D eigenvalue weighted by molar-refractivity contribution is 5.69. The van der Waals surface area contributed by atoms with Gasteiger partial charge in [-0.25, -0.2) is 4.98 Å². The SMILES string of the molecule is Cc1noc(-c2cccnc2N2CC[C@H]3OCCN(C)[C@H]3C2)n1. The Morgan fingerprint density at radius 1 is 1.30 bits per heavy atom. The van der Waals surface area contributed by atoms with Gasteiger partial charge < -0.3 is 14.2 Å². The van der Waals surface area contributed by atoms with E-state index in [2.05, 4.69) is 32.0 Å². The summed E-state index contributed by atoms with van der Waals surface area (Å²) in [6.07, 6.45) is 3.14. The van der Waals surface area contributed by atoms with Gasteiger partial charge in [0.2, 0.25) is 0 Å². The van der Waals surface area contributed by atoms with Crippen LogP contribution in [-0.4, -0.2) is 65.5 Å². The summed E-state index contributed by atoms with van der Waals surface area (Å²) in [5.74, 6) is 2.07. The average molecular weight is 315 g/mol. The van der Waals surface area contributed by atoms with Gasteiger partial charge in [-0.3, -0.25) is 4.90 Å². The minimum absolute atomic E-state index is 0.322. The highest BCUT2D eigenvalue weighted by Gasteiger charge is 2.36. The fraction of sp³-hybridized carbons (Fsp3) is 0.562. The molecule has 0 aromatic carbocycles. The third-order valence-electron chi connectivity index (χ3n) is 4.71. The van der Waals surface area contributed by atoms with E-state index in [1.807, 2.05) is 25.3 Å². The van der Waals surface area contributed by atoms with Gasteiger partial charge in [-0.15, -0.1) is 0 Å². The van der Waals surface area contributed by atoms with Crippen LogP contribution < -0.4 is 4.90 Å². The summed E-state index contributed by atoms with van der Waals surface area (Å²) in [5.41, 5.74) is 0.894. The topological polar surface area (TPSA) is 67.5 Å². The number of anilines is 1. The van der Waals surface area contributed by atoms with E-state index in [9.17, 15) is 0 Å². The van der Waals surface area contributed by atoms with Crippen LogP contribution in [0.4, 0.5) is 5.82 Å². The molecule has 23 heavy (non-hydrogen) atoms. The second-order valence-electron chi connectivity index (χ2n) is 6.21. The summed E-state index contributed by atoms with van der Waals surface area (Å²) in [5, 5.41) is 3.90. The molecular formula is C16H21N5O2. The Bertz CT molecular complexity index is 689. The van der Waals surface area contributed by atoms with E-state index in [1.165, 1.54) is 0 Å². The summed E-state index contributed by atoms with van der Waals surface area (Å²) in [6.45, 7) is 5.45. The first-order valence-corrected chi connectivity index (χ1v) is 8.05. The van der Waals surface area contributed by atoms with Crippen molar-refractivity contribution in [1.82, 2.24) is 20.0 Å². The largest absolute Gasteiger partial charge is 0.375 e. The number of aryl methyl sites for hydroxylation is 1. The molecule has 122 valence electrons. The zero-order chi connectivity index (χ0) is 15.8. The molecule has 2 saturated heterocycles. The van der Waals surface area contributed by atoms with E-state index in [1.54, 1.807) is 0 Å². The van der Waals surface area contributed by atoms with Gasteiger partial charge in [0.25, 0.3) is 5.89 Å². The molecule has 0 N–H and O–H groups in total. The van der Waals surface area contributed by atoms with Gasteiger partial charge in [0.05, 0.1) is 24.3 Å². The number of likely N-dealkylation sites (N-methyl/N-ethyl adjacent to an activating group) is 1. The van der Waals surface area contributed by atoms with Crippen LogP contribution in [0.15, 0.2) is 22.9 Å². The predicted molar refractivity (Wildman–Crippen MR) is 85.3 cm³/mol. The first-order chi connectivity index (χ1) is 11.2. The number of hydrogen-bond donors (Lipinski definition) is 0. The lowest BCUT2D eigenvalue weighted by Gasteiger charge is -2.46. The summed E-state index contributed by atoms with van der Waals surface area (Å²) >= 11 is 0. The highest BCUT2D eigenvalue weighted by Crippen LogP contribution is 2.31. The molecule has 2 aromatic heterocycles. The number of pyridine rings is 1. The molecule has 0 spiro atoms. The number of fused-ring (bicyclic) bond motifs is 1. The number of morpholine rings is 1. The Morgan fingerprint density at radius 2 is 2.22 bits per heavy atom. The first-order valence-electron chi connectivity index (χ1n) is 8.05. The van der Waals surface area contributed by atoms with Gasteiger partial charge in [0.15, 0.2) is 5.82 Å². The number of nitrogens with zero attached hydrogens (tertiary/aromatic N) is 5. The van der Waals surface area contributed by atoms with E-state index < -0.39 is 0 Å². The Hall–Kier alpha value is -1.99. The minimum Gasteiger partial charge on any atom is -0.375 e. The van der Waals surface area contributed by atoms with Crippen molar-refractivity contribution in [1.29, 1.82) is 0 Å². The Morgan fingerprint density at radius 3 is 3.04 bits per heavy atom. The van der Waals surface area contributed by atoms with Crippen molar-refractivity contribution in [2.75, 3.05) is 38.2 Å².